The van der Waals surface area contributed by atoms with Crippen LogP contribution in [0.2, 0.25) is 0 Å². The van der Waals surface area contributed by atoms with Gasteiger partial charge in [-0.3, -0.25) is 0 Å². The highest BCUT2D eigenvalue weighted by Gasteiger charge is 2.29. The van der Waals surface area contributed by atoms with Crippen LogP contribution in [-0.2, 0) is 0 Å². The lowest BCUT2D eigenvalue weighted by Gasteiger charge is -2.18. The maximum Gasteiger partial charge on any atom is 0.0320 e. The summed E-state index contributed by atoms with van der Waals surface area (Å²) in [4.78, 5) is 0. The first-order valence-electron chi connectivity index (χ1n) is 5.13. The first-order chi connectivity index (χ1) is 6.27. The van der Waals surface area contributed by atoms with Gasteiger partial charge in [0.1, 0.15) is 0 Å². The standard InChI is InChI=1S/C11H18N2/c1-8(12)6-9-7-13-11-5-3-2-4-10(9)11/h2-4,8-9,11,13H,5-7,12H2,1H3/t8-,9?,11?/m1/s1. The maximum absolute atomic E-state index is 5.82. The van der Waals surface area contributed by atoms with Crippen LogP contribution in [0.15, 0.2) is 23.8 Å². The molecule has 0 saturated carbocycles. The van der Waals surface area contributed by atoms with Crippen LogP contribution >= 0.6 is 0 Å². The van der Waals surface area contributed by atoms with Crippen LogP contribution in [0.5, 0.6) is 0 Å². The average Bonchev–Trinajstić information content (AvgIpc) is 2.48. The molecule has 0 aromatic carbocycles. The fraction of sp³-hybridized carbons (Fsp3) is 0.636. The average molecular weight is 178 g/mol. The molecule has 2 rings (SSSR count). The second-order valence-corrected chi connectivity index (χ2v) is 4.20. The molecule has 72 valence electrons. The van der Waals surface area contributed by atoms with Gasteiger partial charge in [0, 0.05) is 18.6 Å². The zero-order chi connectivity index (χ0) is 9.26. The SMILES string of the molecule is C[C@@H](N)CC1CNC2CC=CC=C12. The van der Waals surface area contributed by atoms with Crippen LogP contribution < -0.4 is 11.1 Å². The first-order valence-corrected chi connectivity index (χ1v) is 5.13. The lowest BCUT2D eigenvalue weighted by molar-refractivity contribution is 0.530. The normalized spacial score (nSPS) is 34.2. The number of hydrogen-bond donors (Lipinski definition) is 2. The second kappa shape index (κ2) is 3.64. The molecule has 2 aliphatic rings. The molecular formula is C11H18N2. The third kappa shape index (κ3) is 1.84. The van der Waals surface area contributed by atoms with Gasteiger partial charge in [0.2, 0.25) is 0 Å². The fourth-order valence-corrected chi connectivity index (χ4v) is 2.34. The Balaban J connectivity index is 2.05. The molecule has 2 unspecified atom stereocenters. The molecule has 0 amide bonds. The zero-order valence-corrected chi connectivity index (χ0v) is 8.16. The Kier molecular flexibility index (Phi) is 2.51. The largest absolute Gasteiger partial charge is 0.328 e. The van der Waals surface area contributed by atoms with E-state index in [1.165, 1.54) is 0 Å². The minimum Gasteiger partial charge on any atom is -0.328 e. The van der Waals surface area contributed by atoms with Crippen LogP contribution in [-0.4, -0.2) is 18.6 Å². The topological polar surface area (TPSA) is 38.0 Å². The van der Waals surface area contributed by atoms with Crippen molar-refractivity contribution >= 4 is 0 Å². The predicted molar refractivity (Wildman–Crippen MR) is 55.4 cm³/mol. The number of rotatable bonds is 2. The van der Waals surface area contributed by atoms with E-state index in [9.17, 15) is 0 Å². The van der Waals surface area contributed by atoms with E-state index < -0.39 is 0 Å². The minimum absolute atomic E-state index is 0.317. The summed E-state index contributed by atoms with van der Waals surface area (Å²) in [6.07, 6.45) is 8.94. The maximum atomic E-state index is 5.82. The van der Waals surface area contributed by atoms with E-state index in [1.54, 1.807) is 5.57 Å². The van der Waals surface area contributed by atoms with E-state index in [1.807, 2.05) is 0 Å². The lowest BCUT2D eigenvalue weighted by Crippen LogP contribution is -2.22. The highest BCUT2D eigenvalue weighted by molar-refractivity contribution is 5.29. The second-order valence-electron chi connectivity index (χ2n) is 4.20. The molecule has 0 bridgehead atoms. The van der Waals surface area contributed by atoms with Crippen LogP contribution in [0, 0.1) is 5.92 Å². The molecule has 1 aliphatic heterocycles. The van der Waals surface area contributed by atoms with Crippen molar-refractivity contribution in [2.24, 2.45) is 11.7 Å². The van der Waals surface area contributed by atoms with Gasteiger partial charge in [-0.25, -0.2) is 0 Å². The quantitative estimate of drug-likeness (QED) is 0.666. The summed E-state index contributed by atoms with van der Waals surface area (Å²) in [5, 5.41) is 3.54. The molecule has 3 N–H and O–H groups in total. The Hall–Kier alpha value is -0.600. The van der Waals surface area contributed by atoms with Gasteiger partial charge in [0.05, 0.1) is 0 Å². The van der Waals surface area contributed by atoms with Gasteiger partial charge in [-0.2, -0.15) is 0 Å². The third-order valence-electron chi connectivity index (χ3n) is 2.94. The van der Waals surface area contributed by atoms with Gasteiger partial charge in [-0.15, -0.1) is 0 Å². The molecule has 0 radical (unpaired) electrons. The fourth-order valence-electron chi connectivity index (χ4n) is 2.34. The van der Waals surface area contributed by atoms with E-state index in [0.717, 1.165) is 19.4 Å². The molecule has 13 heavy (non-hydrogen) atoms. The molecule has 1 heterocycles. The van der Waals surface area contributed by atoms with Crippen LogP contribution in [0.4, 0.5) is 0 Å². The Morgan fingerprint density at radius 1 is 1.69 bits per heavy atom. The van der Waals surface area contributed by atoms with Gasteiger partial charge in [-0.05, 0) is 31.3 Å². The monoisotopic (exact) mass is 178 g/mol. The predicted octanol–water partition coefficient (Wildman–Crippen LogP) is 1.20. The number of fused-ring (bicyclic) bond motifs is 1. The summed E-state index contributed by atoms with van der Waals surface area (Å²) in [6.45, 7) is 3.20. The van der Waals surface area contributed by atoms with Crippen molar-refractivity contribution in [1.29, 1.82) is 0 Å². The van der Waals surface area contributed by atoms with Crippen LogP contribution in [0.1, 0.15) is 19.8 Å². The molecular weight excluding hydrogens is 160 g/mol. The first kappa shape index (κ1) is 8.97. The summed E-state index contributed by atoms with van der Waals surface area (Å²) in [6, 6.07) is 0.922. The van der Waals surface area contributed by atoms with Gasteiger partial charge in [-0.1, -0.05) is 18.2 Å². The Bertz CT molecular complexity index is 240. The van der Waals surface area contributed by atoms with E-state index in [-0.39, 0.29) is 0 Å². The number of hydrogen-bond acceptors (Lipinski definition) is 2. The number of nitrogens with two attached hydrogens (primary N) is 1. The molecule has 1 saturated heterocycles. The molecule has 2 heteroatoms. The van der Waals surface area contributed by atoms with Crippen molar-refractivity contribution in [2.75, 3.05) is 6.54 Å². The summed E-state index contributed by atoms with van der Waals surface area (Å²) in [5.41, 5.74) is 7.39. The van der Waals surface area contributed by atoms with Crippen molar-refractivity contribution in [3.05, 3.63) is 23.8 Å². The van der Waals surface area contributed by atoms with E-state index >= 15 is 0 Å². The highest BCUT2D eigenvalue weighted by Crippen LogP contribution is 2.29. The molecule has 1 fully saturated rings. The summed E-state index contributed by atoms with van der Waals surface area (Å²) < 4.78 is 0. The Labute approximate surface area is 79.9 Å². The van der Waals surface area contributed by atoms with Gasteiger partial charge < -0.3 is 11.1 Å². The Morgan fingerprint density at radius 2 is 2.54 bits per heavy atom. The van der Waals surface area contributed by atoms with Crippen molar-refractivity contribution < 1.29 is 0 Å². The lowest BCUT2D eigenvalue weighted by atomic mass is 9.89. The zero-order valence-electron chi connectivity index (χ0n) is 8.16. The van der Waals surface area contributed by atoms with Gasteiger partial charge in [0.25, 0.3) is 0 Å². The van der Waals surface area contributed by atoms with Crippen molar-refractivity contribution in [3.8, 4) is 0 Å². The van der Waals surface area contributed by atoms with E-state index in [0.29, 0.717) is 18.0 Å². The molecule has 1 aliphatic carbocycles. The minimum atomic E-state index is 0.317. The third-order valence-corrected chi connectivity index (χ3v) is 2.94. The molecule has 0 spiro atoms. The smallest absolute Gasteiger partial charge is 0.0320 e. The molecule has 0 aromatic heterocycles. The van der Waals surface area contributed by atoms with E-state index in [4.69, 9.17) is 5.73 Å². The van der Waals surface area contributed by atoms with Crippen LogP contribution in [0.3, 0.4) is 0 Å². The summed E-state index contributed by atoms with van der Waals surface area (Å²) >= 11 is 0. The van der Waals surface area contributed by atoms with Gasteiger partial charge in [0.15, 0.2) is 0 Å². The van der Waals surface area contributed by atoms with Gasteiger partial charge >= 0.3 is 0 Å². The number of allylic oxidation sites excluding steroid dienone is 2. The summed E-state index contributed by atoms with van der Waals surface area (Å²) in [7, 11) is 0. The molecule has 0 aromatic rings. The number of nitrogens with one attached hydrogen (secondary N) is 1. The van der Waals surface area contributed by atoms with Crippen molar-refractivity contribution in [1.82, 2.24) is 5.32 Å². The van der Waals surface area contributed by atoms with E-state index in [2.05, 4.69) is 30.5 Å². The van der Waals surface area contributed by atoms with Crippen LogP contribution in [0.25, 0.3) is 0 Å². The Morgan fingerprint density at radius 3 is 3.31 bits per heavy atom. The molecule has 3 atom stereocenters. The van der Waals surface area contributed by atoms with Crippen molar-refractivity contribution in [2.45, 2.75) is 31.8 Å². The highest BCUT2D eigenvalue weighted by atomic mass is 15.0. The molecule has 2 nitrogen and oxygen atoms in total. The van der Waals surface area contributed by atoms with Crippen molar-refractivity contribution in [3.63, 3.8) is 0 Å². The summed E-state index contributed by atoms with van der Waals surface area (Å²) in [5.74, 6) is 0.676.